The first-order chi connectivity index (χ1) is 15.4. The van der Waals surface area contributed by atoms with Gasteiger partial charge in [0.1, 0.15) is 0 Å². The Hall–Kier alpha value is -0.810. The van der Waals surface area contributed by atoms with E-state index >= 15 is 0 Å². The molecule has 0 unspecified atom stereocenters. The van der Waals surface area contributed by atoms with E-state index in [1.165, 1.54) is 103 Å². The molecule has 0 fully saturated rings. The molecule has 0 aromatic carbocycles. The van der Waals surface area contributed by atoms with E-state index in [0.717, 1.165) is 32.1 Å². The summed E-state index contributed by atoms with van der Waals surface area (Å²) in [5, 5.41) is 9.83. The van der Waals surface area contributed by atoms with Crippen molar-refractivity contribution in [2.75, 3.05) is 40.3 Å². The van der Waals surface area contributed by atoms with Gasteiger partial charge in [0.05, 0.1) is 14.1 Å². The molecule has 0 amide bonds. The molecular weight excluding hydrogens is 394 g/mol. The third-order valence-electron chi connectivity index (χ3n) is 6.59. The highest BCUT2D eigenvalue weighted by Gasteiger charge is 2.31. The Morgan fingerprint density at radius 2 is 0.906 bits per heavy atom. The van der Waals surface area contributed by atoms with E-state index in [9.17, 15) is 0 Å². The zero-order valence-corrected chi connectivity index (χ0v) is 23.0. The van der Waals surface area contributed by atoms with Crippen LogP contribution >= 0.6 is 0 Å². The van der Waals surface area contributed by atoms with Gasteiger partial charge in [-0.3, -0.25) is 5.01 Å². The van der Waals surface area contributed by atoms with Gasteiger partial charge in [-0.25, -0.2) is 0 Å². The summed E-state index contributed by atoms with van der Waals surface area (Å²) in [5.74, 6) is 0.738. The molecule has 0 aliphatic rings. The monoisotopic (exact) mass is 454 g/mol. The molecule has 192 valence electrons. The summed E-state index contributed by atoms with van der Waals surface area (Å²) in [5.41, 5.74) is 6.71. The lowest BCUT2D eigenvalue weighted by atomic mass is 10.2. The number of nitrogens with two attached hydrogens (primary N) is 1. The lowest BCUT2D eigenvalue weighted by molar-refractivity contribution is -0.926. The highest BCUT2D eigenvalue weighted by Crippen LogP contribution is 2.14. The zero-order valence-electron chi connectivity index (χ0n) is 23.0. The normalized spacial score (nSPS) is 12.7. The van der Waals surface area contributed by atoms with Gasteiger partial charge in [0.15, 0.2) is 0 Å². The Bertz CT molecular complexity index is 412. The van der Waals surface area contributed by atoms with E-state index < -0.39 is 0 Å². The molecule has 32 heavy (non-hydrogen) atoms. The average Bonchev–Trinajstić information content (AvgIpc) is 2.77. The Balaban J connectivity index is 5.18. The van der Waals surface area contributed by atoms with Gasteiger partial charge >= 0.3 is 5.96 Å². The number of nitrogens with zero attached hydrogens (tertiary/aromatic N) is 4. The number of hydrazone groups is 1. The lowest BCUT2D eigenvalue weighted by Crippen LogP contribution is -2.62. The fraction of sp³-hybridized carbons (Fsp3) is 0.963. The molecule has 0 saturated carbocycles. The number of hydrogen-bond donors (Lipinski definition) is 1. The van der Waals surface area contributed by atoms with E-state index in [1.807, 2.05) is 0 Å². The number of unbranched alkanes of at least 4 members (excludes halogenated alkanes) is 12. The maximum Gasteiger partial charge on any atom is 0.336 e. The summed E-state index contributed by atoms with van der Waals surface area (Å²) in [6.07, 6.45) is 20.5. The van der Waals surface area contributed by atoms with E-state index in [0.29, 0.717) is 4.59 Å². The van der Waals surface area contributed by atoms with Crippen molar-refractivity contribution in [3.63, 3.8) is 0 Å². The number of quaternary nitrogens is 1. The predicted octanol–water partition coefficient (Wildman–Crippen LogP) is 7.13. The molecule has 0 bridgehead atoms. The van der Waals surface area contributed by atoms with Crippen LogP contribution in [0.3, 0.4) is 0 Å². The van der Waals surface area contributed by atoms with Crippen LogP contribution in [0.1, 0.15) is 130 Å². The summed E-state index contributed by atoms with van der Waals surface area (Å²) in [7, 11) is 4.45. The summed E-state index contributed by atoms with van der Waals surface area (Å²) in [6.45, 7) is 13.4. The molecule has 0 aliphatic carbocycles. The Kier molecular flexibility index (Phi) is 20.2. The maximum absolute atomic E-state index is 6.71. The quantitative estimate of drug-likeness (QED) is 0.0622. The minimum absolute atomic E-state index is 0.582. The average molecular weight is 455 g/mol. The molecule has 0 radical (unpaired) electrons. The molecule has 2 N–H and O–H groups in total. The number of guanidine groups is 1. The summed E-state index contributed by atoms with van der Waals surface area (Å²) in [6, 6.07) is 0. The third-order valence-corrected chi connectivity index (χ3v) is 6.59. The van der Waals surface area contributed by atoms with Gasteiger partial charge in [0.2, 0.25) is 0 Å². The Morgan fingerprint density at radius 1 is 0.562 bits per heavy atom. The third kappa shape index (κ3) is 15.1. The first-order valence-corrected chi connectivity index (χ1v) is 14.1. The van der Waals surface area contributed by atoms with Crippen molar-refractivity contribution in [1.82, 2.24) is 10.0 Å². The molecule has 5 nitrogen and oxygen atoms in total. The smallest absolute Gasteiger partial charge is 0.335 e. The van der Waals surface area contributed by atoms with Crippen molar-refractivity contribution < 1.29 is 4.59 Å². The molecule has 0 heterocycles. The first kappa shape index (κ1) is 31.2. The fourth-order valence-corrected chi connectivity index (χ4v) is 4.11. The van der Waals surface area contributed by atoms with Crippen LogP contribution in [-0.2, 0) is 0 Å². The highest BCUT2D eigenvalue weighted by molar-refractivity contribution is 5.70. The van der Waals surface area contributed by atoms with Crippen LogP contribution < -0.4 is 5.73 Å². The molecule has 5 heteroatoms. The summed E-state index contributed by atoms with van der Waals surface area (Å²) >= 11 is 0. The van der Waals surface area contributed by atoms with E-state index in [4.69, 9.17) is 10.8 Å². The first-order valence-electron chi connectivity index (χ1n) is 14.1. The van der Waals surface area contributed by atoms with Crippen LogP contribution in [0, 0.1) is 0 Å². The molecular formula is C27H60N5+. The van der Waals surface area contributed by atoms with Gasteiger partial charge in [0, 0.05) is 26.2 Å². The van der Waals surface area contributed by atoms with Gasteiger partial charge in [-0.15, -0.1) is 10.1 Å². The fourth-order valence-electron chi connectivity index (χ4n) is 4.11. The van der Waals surface area contributed by atoms with Crippen LogP contribution in [0.15, 0.2) is 5.10 Å². The predicted molar refractivity (Wildman–Crippen MR) is 143 cm³/mol. The summed E-state index contributed by atoms with van der Waals surface area (Å²) in [4.78, 5) is 0. The minimum Gasteiger partial charge on any atom is -0.335 e. The Labute approximate surface area is 202 Å². The van der Waals surface area contributed by atoms with Crippen LogP contribution in [0.4, 0.5) is 0 Å². The maximum atomic E-state index is 6.71. The van der Waals surface area contributed by atoms with Crippen LogP contribution in [-0.4, -0.2) is 60.8 Å². The van der Waals surface area contributed by atoms with Gasteiger partial charge in [-0.1, -0.05) is 105 Å². The van der Waals surface area contributed by atoms with Gasteiger partial charge in [-0.2, -0.15) is 4.59 Å². The highest BCUT2D eigenvalue weighted by atomic mass is 15.8. The largest absolute Gasteiger partial charge is 0.336 e. The van der Waals surface area contributed by atoms with Crippen molar-refractivity contribution in [2.45, 2.75) is 130 Å². The van der Waals surface area contributed by atoms with Crippen LogP contribution in [0.2, 0.25) is 0 Å². The second-order valence-corrected chi connectivity index (χ2v) is 10.0. The lowest BCUT2D eigenvalue weighted by Gasteiger charge is -2.38. The van der Waals surface area contributed by atoms with Crippen molar-refractivity contribution >= 4 is 5.96 Å². The SMILES string of the molecule is CCCCCCN(CCCCCC)N=C(N)[N+](C)(C)N(CCCCCC)CCCCCC. The molecule has 0 saturated heterocycles. The van der Waals surface area contributed by atoms with E-state index in [1.54, 1.807) is 0 Å². The molecule has 0 rings (SSSR count). The number of hydrogen-bond acceptors (Lipinski definition) is 3. The van der Waals surface area contributed by atoms with Crippen LogP contribution in [0.25, 0.3) is 0 Å². The van der Waals surface area contributed by atoms with Crippen molar-refractivity contribution in [3.05, 3.63) is 0 Å². The van der Waals surface area contributed by atoms with Gasteiger partial charge < -0.3 is 5.73 Å². The second-order valence-electron chi connectivity index (χ2n) is 10.0. The zero-order chi connectivity index (χ0) is 24.1. The molecule has 0 aromatic rings. The Morgan fingerprint density at radius 3 is 1.25 bits per heavy atom. The van der Waals surface area contributed by atoms with Crippen LogP contribution in [0.5, 0.6) is 0 Å². The van der Waals surface area contributed by atoms with E-state index in [-0.39, 0.29) is 0 Å². The molecule has 0 atom stereocenters. The van der Waals surface area contributed by atoms with Gasteiger partial charge in [0.25, 0.3) is 0 Å². The second kappa shape index (κ2) is 20.8. The molecule has 0 spiro atoms. The molecule has 0 aromatic heterocycles. The summed E-state index contributed by atoms with van der Waals surface area (Å²) < 4.78 is 0.582. The van der Waals surface area contributed by atoms with Crippen molar-refractivity contribution in [3.8, 4) is 0 Å². The molecule has 0 aliphatic heterocycles. The minimum atomic E-state index is 0.582. The standard InChI is InChI=1S/C27H60N5/c1-7-11-15-19-23-30(24-20-16-12-8-2)29-27(28)32(5,6)31(25-21-17-13-9-3)26-22-18-14-10-4/h7-26H2,1-6H3,(H2,28,29)/q+1. The van der Waals surface area contributed by atoms with Gasteiger partial charge in [-0.05, 0) is 25.7 Å². The van der Waals surface area contributed by atoms with Crippen molar-refractivity contribution in [2.24, 2.45) is 10.8 Å². The van der Waals surface area contributed by atoms with E-state index in [2.05, 4.69) is 51.8 Å². The topological polar surface area (TPSA) is 44.9 Å². The number of rotatable bonds is 22. The van der Waals surface area contributed by atoms with Crippen molar-refractivity contribution in [1.29, 1.82) is 0 Å².